The minimum Gasteiger partial charge on any atom is -0.350 e. The third kappa shape index (κ3) is 4.76. The molecule has 3 unspecified atom stereocenters. The Morgan fingerprint density at radius 3 is 2.12 bits per heavy atom. The third-order valence-electron chi connectivity index (χ3n) is 6.45. The van der Waals surface area contributed by atoms with E-state index < -0.39 is 6.04 Å². The number of nitrogens with zero attached hydrogens (tertiary/aromatic N) is 1. The molecule has 1 saturated carbocycles. The molecule has 2 aliphatic carbocycles. The molecule has 1 aromatic carbocycles. The maximum absolute atomic E-state index is 13.1. The van der Waals surface area contributed by atoms with E-state index in [-0.39, 0.29) is 47.9 Å². The van der Waals surface area contributed by atoms with E-state index in [9.17, 15) is 19.2 Å². The molecule has 1 aromatic rings. The SMILES string of the molecule is CC(C)CC(C(=O)NCc1ccc(C(=O)NC2CC2)cc1)N1C(=O)C2CC=CCC2C1=O. The summed E-state index contributed by atoms with van der Waals surface area (Å²) in [5.74, 6) is -1.39. The molecule has 1 heterocycles. The first-order valence-corrected chi connectivity index (χ1v) is 11.5. The van der Waals surface area contributed by atoms with Crippen LogP contribution in [0, 0.1) is 17.8 Å². The van der Waals surface area contributed by atoms with Crippen molar-refractivity contribution in [3.8, 4) is 0 Å². The van der Waals surface area contributed by atoms with Gasteiger partial charge in [-0.05, 0) is 55.7 Å². The molecule has 1 saturated heterocycles. The molecule has 0 bridgehead atoms. The maximum atomic E-state index is 13.1. The molecule has 0 spiro atoms. The minimum absolute atomic E-state index is 0.0814. The molecule has 32 heavy (non-hydrogen) atoms. The van der Waals surface area contributed by atoms with Crippen molar-refractivity contribution in [2.45, 2.75) is 64.6 Å². The average molecular weight is 438 g/mol. The molecular formula is C25H31N3O4. The molecule has 170 valence electrons. The highest BCUT2D eigenvalue weighted by atomic mass is 16.2. The van der Waals surface area contributed by atoms with Crippen molar-refractivity contribution >= 4 is 23.6 Å². The molecule has 2 fully saturated rings. The summed E-state index contributed by atoms with van der Waals surface area (Å²) in [6.07, 6.45) is 7.51. The summed E-state index contributed by atoms with van der Waals surface area (Å²) in [5, 5.41) is 5.84. The molecule has 4 rings (SSSR count). The van der Waals surface area contributed by atoms with Crippen LogP contribution in [0.4, 0.5) is 0 Å². The first-order chi connectivity index (χ1) is 15.3. The van der Waals surface area contributed by atoms with Gasteiger partial charge in [0.1, 0.15) is 6.04 Å². The van der Waals surface area contributed by atoms with Crippen molar-refractivity contribution in [1.82, 2.24) is 15.5 Å². The van der Waals surface area contributed by atoms with Gasteiger partial charge in [-0.2, -0.15) is 0 Å². The van der Waals surface area contributed by atoms with Crippen molar-refractivity contribution in [2.24, 2.45) is 17.8 Å². The largest absolute Gasteiger partial charge is 0.350 e. The third-order valence-corrected chi connectivity index (χ3v) is 6.45. The predicted octanol–water partition coefficient (Wildman–Crippen LogP) is 2.56. The number of carbonyl (C=O) groups is 4. The van der Waals surface area contributed by atoms with Crippen LogP contribution in [-0.2, 0) is 20.9 Å². The van der Waals surface area contributed by atoms with E-state index in [0.29, 0.717) is 30.9 Å². The van der Waals surface area contributed by atoms with Crippen LogP contribution in [0.25, 0.3) is 0 Å². The Morgan fingerprint density at radius 1 is 1.00 bits per heavy atom. The number of likely N-dealkylation sites (tertiary alicyclic amines) is 1. The van der Waals surface area contributed by atoms with E-state index in [4.69, 9.17) is 0 Å². The lowest BCUT2D eigenvalue weighted by Crippen LogP contribution is -2.50. The van der Waals surface area contributed by atoms with Gasteiger partial charge >= 0.3 is 0 Å². The second kappa shape index (κ2) is 9.27. The minimum atomic E-state index is -0.802. The fourth-order valence-corrected chi connectivity index (χ4v) is 4.49. The zero-order valence-corrected chi connectivity index (χ0v) is 18.7. The Balaban J connectivity index is 1.40. The van der Waals surface area contributed by atoms with Crippen LogP contribution in [0.2, 0.25) is 0 Å². The summed E-state index contributed by atoms with van der Waals surface area (Å²) in [7, 11) is 0. The normalized spacial score (nSPS) is 23.3. The number of fused-ring (bicyclic) bond motifs is 1. The predicted molar refractivity (Wildman–Crippen MR) is 119 cm³/mol. The van der Waals surface area contributed by atoms with Gasteiger partial charge in [-0.1, -0.05) is 38.1 Å². The van der Waals surface area contributed by atoms with Gasteiger partial charge in [0.2, 0.25) is 17.7 Å². The molecule has 0 radical (unpaired) electrons. The lowest BCUT2D eigenvalue weighted by molar-refractivity contribution is -0.148. The molecule has 2 N–H and O–H groups in total. The molecule has 7 heteroatoms. The van der Waals surface area contributed by atoms with Gasteiger partial charge < -0.3 is 10.6 Å². The first-order valence-electron chi connectivity index (χ1n) is 11.5. The van der Waals surface area contributed by atoms with Crippen LogP contribution in [0.1, 0.15) is 61.9 Å². The van der Waals surface area contributed by atoms with E-state index in [0.717, 1.165) is 18.4 Å². The van der Waals surface area contributed by atoms with Gasteiger partial charge in [-0.25, -0.2) is 0 Å². The van der Waals surface area contributed by atoms with Crippen LogP contribution in [0.5, 0.6) is 0 Å². The molecule has 7 nitrogen and oxygen atoms in total. The number of hydrogen-bond donors (Lipinski definition) is 2. The second-order valence-corrected chi connectivity index (χ2v) is 9.51. The van der Waals surface area contributed by atoms with Crippen LogP contribution in [-0.4, -0.2) is 40.6 Å². The van der Waals surface area contributed by atoms with Crippen molar-refractivity contribution < 1.29 is 19.2 Å². The monoisotopic (exact) mass is 437 g/mol. The topological polar surface area (TPSA) is 95.6 Å². The van der Waals surface area contributed by atoms with Gasteiger partial charge in [-0.15, -0.1) is 0 Å². The lowest BCUT2D eigenvalue weighted by Gasteiger charge is -2.27. The number of imide groups is 1. The Kier molecular flexibility index (Phi) is 6.44. The summed E-state index contributed by atoms with van der Waals surface area (Å²) >= 11 is 0. The van der Waals surface area contributed by atoms with Crippen molar-refractivity contribution in [3.05, 3.63) is 47.5 Å². The summed E-state index contributed by atoms with van der Waals surface area (Å²) in [6, 6.07) is 6.61. The molecule has 4 amide bonds. The number of carbonyl (C=O) groups excluding carboxylic acids is 4. The second-order valence-electron chi connectivity index (χ2n) is 9.51. The lowest BCUT2D eigenvalue weighted by atomic mass is 9.85. The van der Waals surface area contributed by atoms with Gasteiger partial charge in [0.15, 0.2) is 0 Å². The molecule has 0 aromatic heterocycles. The molecule has 3 aliphatic rings. The number of amides is 4. The van der Waals surface area contributed by atoms with Crippen LogP contribution in [0.3, 0.4) is 0 Å². The standard InChI is InChI=1S/C25H31N3O4/c1-15(2)13-21(28-24(31)19-5-3-4-6-20(19)25(28)32)23(30)26-14-16-7-9-17(10-8-16)22(29)27-18-11-12-18/h3-4,7-10,15,18-21H,5-6,11-14H2,1-2H3,(H,26,30)(H,27,29). The molecular weight excluding hydrogens is 406 g/mol. The smallest absolute Gasteiger partial charge is 0.251 e. The van der Waals surface area contributed by atoms with E-state index in [1.165, 1.54) is 4.90 Å². The zero-order valence-electron chi connectivity index (χ0n) is 18.7. The summed E-state index contributed by atoms with van der Waals surface area (Å²) in [4.78, 5) is 52.4. The van der Waals surface area contributed by atoms with Crippen molar-refractivity contribution in [2.75, 3.05) is 0 Å². The summed E-state index contributed by atoms with van der Waals surface area (Å²) < 4.78 is 0. The van der Waals surface area contributed by atoms with E-state index in [2.05, 4.69) is 10.6 Å². The highest BCUT2D eigenvalue weighted by molar-refractivity contribution is 6.08. The fourth-order valence-electron chi connectivity index (χ4n) is 4.49. The number of rotatable bonds is 8. The van der Waals surface area contributed by atoms with Crippen LogP contribution < -0.4 is 10.6 Å². The Bertz CT molecular complexity index is 907. The number of nitrogens with one attached hydrogen (secondary N) is 2. The quantitative estimate of drug-likeness (QED) is 0.483. The molecule has 1 aliphatic heterocycles. The van der Waals surface area contributed by atoms with Gasteiger partial charge in [0.05, 0.1) is 11.8 Å². The van der Waals surface area contributed by atoms with Crippen molar-refractivity contribution in [1.29, 1.82) is 0 Å². The Morgan fingerprint density at radius 2 is 1.59 bits per heavy atom. The Hall–Kier alpha value is -2.96. The summed E-state index contributed by atoms with van der Waals surface area (Å²) in [6.45, 7) is 4.22. The number of benzene rings is 1. The van der Waals surface area contributed by atoms with Crippen LogP contribution in [0.15, 0.2) is 36.4 Å². The van der Waals surface area contributed by atoms with Gasteiger partial charge in [-0.3, -0.25) is 24.1 Å². The molecule has 3 atom stereocenters. The van der Waals surface area contributed by atoms with Crippen LogP contribution >= 0.6 is 0 Å². The highest BCUT2D eigenvalue weighted by Crippen LogP contribution is 2.37. The fraction of sp³-hybridized carbons (Fsp3) is 0.520. The first kappa shape index (κ1) is 22.2. The van der Waals surface area contributed by atoms with Gasteiger partial charge in [0, 0.05) is 18.2 Å². The van der Waals surface area contributed by atoms with E-state index in [1.807, 2.05) is 38.1 Å². The van der Waals surface area contributed by atoms with Gasteiger partial charge in [0.25, 0.3) is 5.91 Å². The number of allylic oxidation sites excluding steroid dienone is 2. The van der Waals surface area contributed by atoms with E-state index >= 15 is 0 Å². The maximum Gasteiger partial charge on any atom is 0.251 e. The summed E-state index contributed by atoms with van der Waals surface area (Å²) in [5.41, 5.74) is 1.44. The Labute approximate surface area is 188 Å². The number of hydrogen-bond acceptors (Lipinski definition) is 4. The highest BCUT2D eigenvalue weighted by Gasteiger charge is 2.51. The van der Waals surface area contributed by atoms with Crippen molar-refractivity contribution in [3.63, 3.8) is 0 Å². The van der Waals surface area contributed by atoms with E-state index in [1.54, 1.807) is 12.1 Å². The average Bonchev–Trinajstić information content (AvgIpc) is 3.56. The zero-order chi connectivity index (χ0) is 22.8.